The Morgan fingerprint density at radius 3 is 2.05 bits per heavy atom. The van der Waals surface area contributed by atoms with E-state index in [9.17, 15) is 18.0 Å². The van der Waals surface area contributed by atoms with E-state index in [0.29, 0.717) is 31.0 Å². The van der Waals surface area contributed by atoms with Gasteiger partial charge >= 0.3 is 12.1 Å². The van der Waals surface area contributed by atoms with E-state index in [-0.39, 0.29) is 17.4 Å². The van der Waals surface area contributed by atoms with Gasteiger partial charge in [0.15, 0.2) is 0 Å². The van der Waals surface area contributed by atoms with Gasteiger partial charge in [0, 0.05) is 18.1 Å². The second kappa shape index (κ2) is 13.1. The maximum Gasteiger partial charge on any atom is 0.410 e. The Morgan fingerprint density at radius 1 is 0.927 bits per heavy atom. The Bertz CT molecular complexity index is 1430. The maximum atomic E-state index is 13.5. The number of benzene rings is 3. The summed E-state index contributed by atoms with van der Waals surface area (Å²) < 4.78 is 40.6. The topological polar surface area (TPSA) is 102 Å². The minimum Gasteiger partial charge on any atom is -0.460 e. The number of nitrogens with zero attached hydrogens (tertiary/aromatic N) is 1. The Morgan fingerprint density at radius 2 is 1.49 bits per heavy atom. The van der Waals surface area contributed by atoms with Crippen LogP contribution in [-0.4, -0.2) is 50.1 Å². The summed E-state index contributed by atoms with van der Waals surface area (Å²) in [6.45, 7) is 6.08. The molecule has 0 bridgehead atoms. The maximum absolute atomic E-state index is 13.5. The van der Waals surface area contributed by atoms with Gasteiger partial charge in [-0.2, -0.15) is 4.72 Å². The van der Waals surface area contributed by atoms with Crippen molar-refractivity contribution in [3.05, 3.63) is 89.4 Å². The fourth-order valence-electron chi connectivity index (χ4n) is 4.60. The number of nitrogens with one attached hydrogen (secondary N) is 1. The summed E-state index contributed by atoms with van der Waals surface area (Å²) in [5.74, 6) is -1.04. The normalized spacial score (nSPS) is 15.3. The van der Waals surface area contributed by atoms with E-state index in [4.69, 9.17) is 21.1 Å². The Kier molecular flexibility index (Phi) is 9.73. The van der Waals surface area contributed by atoms with Crippen molar-refractivity contribution >= 4 is 33.7 Å². The lowest BCUT2D eigenvalue weighted by Crippen LogP contribution is -2.51. The first-order chi connectivity index (χ1) is 19.4. The lowest BCUT2D eigenvalue weighted by Gasteiger charge is -2.36. The molecule has 1 heterocycles. The highest BCUT2D eigenvalue weighted by atomic mass is 35.5. The van der Waals surface area contributed by atoms with Gasteiger partial charge in [0.1, 0.15) is 18.2 Å². The van der Waals surface area contributed by atoms with Crippen LogP contribution in [0, 0.1) is 5.92 Å². The monoisotopic (exact) mass is 598 g/mol. The molecule has 1 saturated heterocycles. The lowest BCUT2D eigenvalue weighted by atomic mass is 9.90. The molecule has 0 unspecified atom stereocenters. The smallest absolute Gasteiger partial charge is 0.410 e. The lowest BCUT2D eigenvalue weighted by molar-refractivity contribution is -0.149. The Hall–Kier alpha value is -3.40. The molecule has 10 heteroatoms. The van der Waals surface area contributed by atoms with Crippen LogP contribution in [0.15, 0.2) is 83.8 Å². The number of hydrogen-bond acceptors (Lipinski definition) is 6. The molecule has 3 aromatic carbocycles. The molecule has 1 fully saturated rings. The van der Waals surface area contributed by atoms with Gasteiger partial charge in [0.2, 0.25) is 10.0 Å². The standard InChI is InChI=1S/C31H35ClN2O6S/c1-31(2,3)40-30(36)34-19-17-25(18-20-34)28(29(35)39-21-22-7-5-4-6-8-22)33-41(37,38)27-15-11-24(12-16-27)23-9-13-26(32)14-10-23/h4-16,25,28,33H,17-21H2,1-3H3/t28-/m1/s1. The zero-order chi connectivity index (χ0) is 29.6. The number of ether oxygens (including phenoxy) is 2. The van der Waals surface area contributed by atoms with Crippen LogP contribution in [0.4, 0.5) is 4.79 Å². The molecule has 1 aliphatic rings. The van der Waals surface area contributed by atoms with E-state index in [0.717, 1.165) is 16.7 Å². The molecular formula is C31H35ClN2O6S. The number of amides is 1. The molecular weight excluding hydrogens is 564 g/mol. The molecule has 0 radical (unpaired) electrons. The van der Waals surface area contributed by atoms with E-state index in [1.54, 1.807) is 49.9 Å². The van der Waals surface area contributed by atoms with Crippen LogP contribution >= 0.6 is 11.6 Å². The SMILES string of the molecule is CC(C)(C)OC(=O)N1CCC([C@@H](NS(=O)(=O)c2ccc(-c3ccc(Cl)cc3)cc2)C(=O)OCc2ccccc2)CC1. The van der Waals surface area contributed by atoms with Gasteiger partial charge in [-0.25, -0.2) is 13.2 Å². The van der Waals surface area contributed by atoms with Crippen molar-refractivity contribution in [2.24, 2.45) is 5.92 Å². The van der Waals surface area contributed by atoms with Crippen molar-refractivity contribution in [3.63, 3.8) is 0 Å². The highest BCUT2D eigenvalue weighted by molar-refractivity contribution is 7.89. The van der Waals surface area contributed by atoms with Gasteiger partial charge in [-0.3, -0.25) is 4.79 Å². The summed E-state index contributed by atoms with van der Waals surface area (Å²) in [5.41, 5.74) is 1.88. The van der Waals surface area contributed by atoms with E-state index in [2.05, 4.69) is 4.72 Å². The van der Waals surface area contributed by atoms with Crippen molar-refractivity contribution in [2.45, 2.75) is 56.8 Å². The fraction of sp³-hybridized carbons (Fsp3) is 0.355. The molecule has 4 rings (SSSR count). The minimum absolute atomic E-state index is 0.0183. The number of halogens is 1. The van der Waals surface area contributed by atoms with Gasteiger partial charge in [0.05, 0.1) is 4.90 Å². The van der Waals surface area contributed by atoms with Crippen LogP contribution in [0.3, 0.4) is 0 Å². The number of rotatable bonds is 8. The first-order valence-corrected chi connectivity index (χ1v) is 15.3. The third-order valence-corrected chi connectivity index (χ3v) is 8.47. The molecule has 1 aliphatic heterocycles. The van der Waals surface area contributed by atoms with Crippen LogP contribution in [0.5, 0.6) is 0 Å². The van der Waals surface area contributed by atoms with Gasteiger partial charge in [-0.1, -0.05) is 66.2 Å². The van der Waals surface area contributed by atoms with Crippen molar-refractivity contribution in [1.29, 1.82) is 0 Å². The van der Waals surface area contributed by atoms with Crippen molar-refractivity contribution in [3.8, 4) is 11.1 Å². The average molecular weight is 599 g/mol. The van der Waals surface area contributed by atoms with E-state index in [1.165, 1.54) is 12.1 Å². The summed E-state index contributed by atoms with van der Waals surface area (Å²) in [6, 6.07) is 21.7. The van der Waals surface area contributed by atoms with Gasteiger partial charge in [-0.15, -0.1) is 0 Å². The zero-order valence-corrected chi connectivity index (χ0v) is 25.0. The molecule has 8 nitrogen and oxygen atoms in total. The summed E-state index contributed by atoms with van der Waals surface area (Å²) >= 11 is 5.98. The Balaban J connectivity index is 1.50. The number of piperidine rings is 1. The molecule has 218 valence electrons. The highest BCUT2D eigenvalue weighted by Crippen LogP contribution is 2.27. The van der Waals surface area contributed by atoms with Crippen molar-refractivity contribution < 1.29 is 27.5 Å². The number of likely N-dealkylation sites (tertiary alicyclic amines) is 1. The number of carbonyl (C=O) groups excluding carboxylic acids is 2. The number of hydrogen-bond donors (Lipinski definition) is 1. The van der Waals surface area contributed by atoms with Crippen LogP contribution in [0.2, 0.25) is 5.02 Å². The van der Waals surface area contributed by atoms with Gasteiger partial charge in [-0.05, 0) is 80.5 Å². The molecule has 1 amide bonds. The number of sulfonamides is 1. The first-order valence-electron chi connectivity index (χ1n) is 13.5. The van der Waals surface area contributed by atoms with Crippen molar-refractivity contribution in [1.82, 2.24) is 9.62 Å². The second-order valence-electron chi connectivity index (χ2n) is 11.0. The molecule has 0 aromatic heterocycles. The first kappa shape index (κ1) is 30.6. The quantitative estimate of drug-likeness (QED) is 0.317. The van der Waals surface area contributed by atoms with E-state index >= 15 is 0 Å². The molecule has 1 atom stereocenters. The largest absolute Gasteiger partial charge is 0.460 e. The van der Waals surface area contributed by atoms with Crippen molar-refractivity contribution in [2.75, 3.05) is 13.1 Å². The molecule has 0 spiro atoms. The highest BCUT2D eigenvalue weighted by Gasteiger charge is 2.37. The molecule has 41 heavy (non-hydrogen) atoms. The zero-order valence-electron chi connectivity index (χ0n) is 23.4. The predicted octanol–water partition coefficient (Wildman–Crippen LogP) is 6.04. The van der Waals surface area contributed by atoms with Crippen LogP contribution in [0.25, 0.3) is 11.1 Å². The van der Waals surface area contributed by atoms with Crippen LogP contribution in [-0.2, 0) is 30.9 Å². The van der Waals surface area contributed by atoms with E-state index in [1.807, 2.05) is 42.5 Å². The second-order valence-corrected chi connectivity index (χ2v) is 13.2. The number of esters is 1. The Labute approximate surface area is 246 Å². The molecule has 1 N–H and O–H groups in total. The molecule has 0 saturated carbocycles. The average Bonchev–Trinajstić information content (AvgIpc) is 2.95. The van der Waals surface area contributed by atoms with Gasteiger partial charge in [0.25, 0.3) is 0 Å². The van der Waals surface area contributed by atoms with Crippen LogP contribution in [0.1, 0.15) is 39.2 Å². The predicted molar refractivity (Wildman–Crippen MR) is 158 cm³/mol. The molecule has 0 aliphatic carbocycles. The summed E-state index contributed by atoms with van der Waals surface area (Å²) in [4.78, 5) is 27.5. The summed E-state index contributed by atoms with van der Waals surface area (Å²) in [5, 5.41) is 0.610. The van der Waals surface area contributed by atoms with Gasteiger partial charge < -0.3 is 14.4 Å². The third-order valence-electron chi connectivity index (χ3n) is 6.76. The fourth-order valence-corrected chi connectivity index (χ4v) is 5.98. The summed E-state index contributed by atoms with van der Waals surface area (Å²) in [6.07, 6.45) is 0.380. The third kappa shape index (κ3) is 8.55. The summed E-state index contributed by atoms with van der Waals surface area (Å²) in [7, 11) is -4.07. The van der Waals surface area contributed by atoms with E-state index < -0.39 is 33.7 Å². The molecule has 3 aromatic rings. The van der Waals surface area contributed by atoms with Crippen LogP contribution < -0.4 is 4.72 Å². The number of carbonyl (C=O) groups is 2. The minimum atomic E-state index is -4.07.